The van der Waals surface area contributed by atoms with E-state index in [0.717, 1.165) is 0 Å². The second-order valence-corrected chi connectivity index (χ2v) is 5.41. The largest absolute Gasteiger partial charge is 0.394 e. The Morgan fingerprint density at radius 2 is 2.35 bits per heavy atom. The first-order valence-corrected chi connectivity index (χ1v) is 7.17. The number of methoxy groups -OCH3 is 1. The van der Waals surface area contributed by atoms with Crippen LogP contribution in [0.25, 0.3) is 11.2 Å². The molecule has 0 aromatic carbocycles. The number of fused-ring (bicyclic) bond motifs is 1. The van der Waals surface area contributed by atoms with Crippen molar-refractivity contribution in [2.24, 2.45) is 7.05 Å². The molecule has 0 spiro atoms. The van der Waals surface area contributed by atoms with Crippen LogP contribution in [0, 0.1) is 0 Å². The lowest BCUT2D eigenvalue weighted by Gasteiger charge is -2.15. The number of aryl methyl sites for hydroxylation is 1. The SMILES string of the molecule is CNc1nc2c(c(=O)[nH]1)[n+](C)cn2[C@@H]1O[C@H](CO)[C@@H](O)[C@H]1OC. The molecule has 3 rings (SSSR count). The minimum absolute atomic E-state index is 0.299. The van der Waals surface area contributed by atoms with Crippen LogP contribution in [0.1, 0.15) is 6.23 Å². The highest BCUT2D eigenvalue weighted by atomic mass is 16.6. The molecule has 0 bridgehead atoms. The van der Waals surface area contributed by atoms with Crippen molar-refractivity contribution in [1.82, 2.24) is 14.5 Å². The van der Waals surface area contributed by atoms with Gasteiger partial charge in [-0.2, -0.15) is 9.55 Å². The number of imidazole rings is 1. The van der Waals surface area contributed by atoms with Crippen LogP contribution in [-0.2, 0) is 16.5 Å². The zero-order chi connectivity index (χ0) is 16.7. The summed E-state index contributed by atoms with van der Waals surface area (Å²) in [4.78, 5) is 19.2. The molecule has 0 saturated carbocycles. The fourth-order valence-electron chi connectivity index (χ4n) is 2.90. The van der Waals surface area contributed by atoms with Crippen LogP contribution in [0.5, 0.6) is 0 Å². The molecule has 2 aromatic heterocycles. The Morgan fingerprint density at radius 3 is 2.96 bits per heavy atom. The number of aromatic nitrogens is 4. The van der Waals surface area contributed by atoms with E-state index in [-0.39, 0.29) is 12.2 Å². The lowest BCUT2D eigenvalue weighted by molar-refractivity contribution is -0.646. The smallest absolute Gasteiger partial charge is 0.304 e. The van der Waals surface area contributed by atoms with Crippen molar-refractivity contribution in [2.75, 3.05) is 26.1 Å². The van der Waals surface area contributed by atoms with Crippen molar-refractivity contribution in [2.45, 2.75) is 24.5 Å². The van der Waals surface area contributed by atoms with Crippen LogP contribution in [0.2, 0.25) is 0 Å². The summed E-state index contributed by atoms with van der Waals surface area (Å²) < 4.78 is 14.3. The van der Waals surface area contributed by atoms with Crippen LogP contribution < -0.4 is 15.4 Å². The number of hydrogen-bond donors (Lipinski definition) is 4. The molecule has 1 aliphatic heterocycles. The normalized spacial score (nSPS) is 27.7. The third-order valence-electron chi connectivity index (χ3n) is 4.05. The fourth-order valence-corrected chi connectivity index (χ4v) is 2.90. The minimum atomic E-state index is -0.983. The average molecular weight is 326 g/mol. The van der Waals surface area contributed by atoms with Gasteiger partial charge in [-0.25, -0.2) is 4.57 Å². The molecule has 0 amide bonds. The summed E-state index contributed by atoms with van der Waals surface area (Å²) in [5.74, 6) is 0.314. The zero-order valence-electron chi connectivity index (χ0n) is 13.1. The summed E-state index contributed by atoms with van der Waals surface area (Å²) in [7, 11) is 4.81. The number of aromatic amines is 1. The Hall–Kier alpha value is -2.01. The third kappa shape index (κ3) is 2.39. The molecule has 0 unspecified atom stereocenters. The Labute approximate surface area is 131 Å². The van der Waals surface area contributed by atoms with Gasteiger partial charge < -0.3 is 25.0 Å². The Morgan fingerprint density at radius 1 is 1.61 bits per heavy atom. The molecule has 4 atom stereocenters. The van der Waals surface area contributed by atoms with E-state index in [2.05, 4.69) is 15.3 Å². The molecule has 23 heavy (non-hydrogen) atoms. The third-order valence-corrected chi connectivity index (χ3v) is 4.05. The van der Waals surface area contributed by atoms with E-state index in [1.165, 1.54) is 7.11 Å². The number of H-pyrrole nitrogens is 1. The minimum Gasteiger partial charge on any atom is -0.394 e. The van der Waals surface area contributed by atoms with Gasteiger partial charge in [0, 0.05) is 14.2 Å². The van der Waals surface area contributed by atoms with E-state index >= 15 is 0 Å². The molecule has 4 N–H and O–H groups in total. The van der Waals surface area contributed by atoms with Gasteiger partial charge in [0.05, 0.1) is 13.7 Å². The van der Waals surface area contributed by atoms with Gasteiger partial charge in [-0.05, 0) is 0 Å². The lowest BCUT2D eigenvalue weighted by Crippen LogP contribution is -2.35. The zero-order valence-corrected chi connectivity index (χ0v) is 13.1. The van der Waals surface area contributed by atoms with Gasteiger partial charge >= 0.3 is 5.56 Å². The standard InChI is InChI=1S/C13H19N5O5/c1-14-13-15-10-7(11(21)16-13)17(2)5-18(10)12-9(22-3)8(20)6(4-19)23-12/h5-6,8-9,12,19-20H,4H2,1-3H3,(H-,14,15,16,21)/p+1/t6-,8-,9-,12-/m1/s1. The monoisotopic (exact) mass is 326 g/mol. The van der Waals surface area contributed by atoms with Crippen LogP contribution >= 0.6 is 0 Å². The van der Waals surface area contributed by atoms with E-state index in [9.17, 15) is 15.0 Å². The maximum atomic E-state index is 12.2. The van der Waals surface area contributed by atoms with Gasteiger partial charge in [0.2, 0.25) is 18.5 Å². The Bertz CT molecular complexity index is 772. The maximum Gasteiger partial charge on any atom is 0.304 e. The van der Waals surface area contributed by atoms with E-state index in [0.29, 0.717) is 17.1 Å². The quantitative estimate of drug-likeness (QED) is 0.472. The Balaban J connectivity index is 2.16. The lowest BCUT2D eigenvalue weighted by atomic mass is 10.1. The van der Waals surface area contributed by atoms with Crippen molar-refractivity contribution in [3.8, 4) is 0 Å². The van der Waals surface area contributed by atoms with Gasteiger partial charge in [0.15, 0.2) is 6.10 Å². The first-order chi connectivity index (χ1) is 11.0. The van der Waals surface area contributed by atoms with E-state index < -0.39 is 24.5 Å². The number of anilines is 1. The molecular formula is C13H20N5O5+. The van der Waals surface area contributed by atoms with E-state index in [1.54, 1.807) is 29.6 Å². The van der Waals surface area contributed by atoms with Crippen LogP contribution in [0.4, 0.5) is 5.95 Å². The number of rotatable bonds is 4. The molecule has 2 aromatic rings. The molecular weight excluding hydrogens is 306 g/mol. The molecule has 1 fully saturated rings. The first kappa shape index (κ1) is 15.9. The molecule has 1 saturated heterocycles. The van der Waals surface area contributed by atoms with Crippen molar-refractivity contribution in [3.05, 3.63) is 16.7 Å². The van der Waals surface area contributed by atoms with Gasteiger partial charge in [-0.15, -0.1) is 0 Å². The number of nitrogens with one attached hydrogen (secondary N) is 2. The number of aliphatic hydroxyl groups is 2. The van der Waals surface area contributed by atoms with Gasteiger partial charge in [-0.3, -0.25) is 9.78 Å². The van der Waals surface area contributed by atoms with Gasteiger partial charge in [0.25, 0.3) is 11.2 Å². The first-order valence-electron chi connectivity index (χ1n) is 7.17. The van der Waals surface area contributed by atoms with E-state index in [1.807, 2.05) is 0 Å². The molecule has 3 heterocycles. The van der Waals surface area contributed by atoms with Crippen LogP contribution in [-0.4, -0.2) is 63.8 Å². The highest BCUT2D eigenvalue weighted by Gasteiger charge is 2.48. The summed E-state index contributed by atoms with van der Waals surface area (Å²) in [5.41, 5.74) is 0.453. The molecule has 1 aliphatic rings. The number of nitrogens with zero attached hydrogens (tertiary/aromatic N) is 3. The second kappa shape index (κ2) is 5.89. The van der Waals surface area contributed by atoms with Crippen molar-refractivity contribution in [1.29, 1.82) is 0 Å². The summed E-state index contributed by atoms with van der Waals surface area (Å²) >= 11 is 0. The molecule has 0 aliphatic carbocycles. The Kier molecular flexibility index (Phi) is 4.06. The fraction of sp³-hybridized carbons (Fsp3) is 0.615. The summed E-state index contributed by atoms with van der Waals surface area (Å²) in [6, 6.07) is 0. The van der Waals surface area contributed by atoms with Crippen LogP contribution in [0.15, 0.2) is 11.1 Å². The van der Waals surface area contributed by atoms with Gasteiger partial charge in [0.1, 0.15) is 12.2 Å². The average Bonchev–Trinajstić information content (AvgIpc) is 3.04. The van der Waals surface area contributed by atoms with E-state index in [4.69, 9.17) is 9.47 Å². The highest BCUT2D eigenvalue weighted by molar-refractivity contribution is 5.67. The number of hydrogen-bond acceptors (Lipinski definition) is 7. The topological polar surface area (TPSA) is 126 Å². The second-order valence-electron chi connectivity index (χ2n) is 5.41. The number of aliphatic hydroxyl groups excluding tert-OH is 2. The molecule has 10 nitrogen and oxygen atoms in total. The summed E-state index contributed by atoms with van der Waals surface area (Å²) in [6.07, 6.45) is -1.51. The molecule has 126 valence electrons. The molecule has 10 heteroatoms. The predicted octanol–water partition coefficient (Wildman–Crippen LogP) is -2.14. The maximum absolute atomic E-state index is 12.2. The summed E-state index contributed by atoms with van der Waals surface area (Å²) in [5, 5.41) is 22.3. The molecule has 0 radical (unpaired) electrons. The summed E-state index contributed by atoms with van der Waals surface area (Å²) in [6.45, 7) is -0.335. The van der Waals surface area contributed by atoms with Crippen molar-refractivity contribution < 1.29 is 24.3 Å². The highest BCUT2D eigenvalue weighted by Crippen LogP contribution is 2.32. The van der Waals surface area contributed by atoms with Crippen LogP contribution in [0.3, 0.4) is 0 Å². The number of ether oxygens (including phenoxy) is 2. The predicted molar refractivity (Wildman–Crippen MR) is 78.9 cm³/mol. The van der Waals surface area contributed by atoms with Crippen molar-refractivity contribution in [3.63, 3.8) is 0 Å². The van der Waals surface area contributed by atoms with Crippen molar-refractivity contribution >= 4 is 17.1 Å². The van der Waals surface area contributed by atoms with Gasteiger partial charge in [-0.1, -0.05) is 0 Å².